The minimum absolute atomic E-state index is 0.0372. The van der Waals surface area contributed by atoms with Gasteiger partial charge in [-0.3, -0.25) is 29.5 Å². The highest BCUT2D eigenvalue weighted by molar-refractivity contribution is 6.36. The molecule has 4 amide bonds. The topological polar surface area (TPSA) is 163 Å². The zero-order valence-corrected chi connectivity index (χ0v) is 32.0. The summed E-state index contributed by atoms with van der Waals surface area (Å²) in [5, 5.41) is 21.5. The summed E-state index contributed by atoms with van der Waals surface area (Å²) in [4.78, 5) is 71.8. The molecule has 57 heavy (non-hydrogen) atoms. The maximum Gasteiger partial charge on any atom is 0.335 e. The van der Waals surface area contributed by atoms with Crippen LogP contribution in [0.2, 0.25) is 10.0 Å². The van der Waals surface area contributed by atoms with Crippen molar-refractivity contribution in [1.29, 1.82) is 0 Å². The number of amides is 4. The first kappa shape index (κ1) is 37.8. The van der Waals surface area contributed by atoms with Crippen LogP contribution in [-0.2, 0) is 24.6 Å². The number of allylic oxidation sites excluding steroid dienone is 3. The van der Waals surface area contributed by atoms with E-state index < -0.39 is 64.6 Å². The van der Waals surface area contributed by atoms with E-state index in [-0.39, 0.29) is 46.3 Å². The average molecular weight is 809 g/mol. The minimum atomic E-state index is -1.57. The molecule has 2 aliphatic heterocycles. The molecule has 290 valence electrons. The van der Waals surface area contributed by atoms with Gasteiger partial charge in [-0.15, -0.1) is 0 Å². The van der Waals surface area contributed by atoms with Crippen LogP contribution in [0.1, 0.15) is 34.3 Å². The van der Waals surface area contributed by atoms with Crippen LogP contribution in [0.5, 0.6) is 17.2 Å². The van der Waals surface area contributed by atoms with E-state index in [9.17, 15) is 29.4 Å². The number of aromatic hydroxyl groups is 1. The van der Waals surface area contributed by atoms with Crippen molar-refractivity contribution < 1.29 is 43.7 Å². The predicted octanol–water partition coefficient (Wildman–Crippen LogP) is 7.15. The van der Waals surface area contributed by atoms with Crippen LogP contribution < -0.4 is 19.8 Å². The molecule has 4 aromatic rings. The molecule has 12 nitrogen and oxygen atoms in total. The molecule has 3 fully saturated rings. The molecule has 4 aromatic carbocycles. The molecule has 1 saturated carbocycles. The second-order valence-electron chi connectivity index (χ2n) is 14.4. The smallest absolute Gasteiger partial charge is 0.335 e. The van der Waals surface area contributed by atoms with E-state index in [4.69, 9.17) is 32.7 Å². The van der Waals surface area contributed by atoms with Gasteiger partial charge in [-0.2, -0.15) is 5.01 Å². The molecule has 2 saturated heterocycles. The van der Waals surface area contributed by atoms with Gasteiger partial charge in [-0.1, -0.05) is 71.3 Å². The van der Waals surface area contributed by atoms with Gasteiger partial charge in [-0.25, -0.2) is 4.79 Å². The fourth-order valence-corrected chi connectivity index (χ4v) is 9.58. The molecule has 14 heteroatoms. The standard InChI is InChI=1S/C43H35Cl2N3O9/c1-56-27-11-8-24(9-12-27)43-31(15-6-22-7-17-35(49)36(18-22)57-2)28-13-14-29-37(40(52)47(38(29)50)26-5-3-4-23(19-26)41(53)54)30(28)21-32(43)39(51)48(42(43)55)46-34-16-10-25(44)20-33(34)45/h3-13,15-20,29-32,37,46,49H,14,21H2,1-2H3,(H,53,54). The Bertz CT molecular complexity index is 2430. The number of rotatable bonds is 9. The summed E-state index contributed by atoms with van der Waals surface area (Å²) in [5.74, 6) is -6.84. The zero-order chi connectivity index (χ0) is 40.3. The first-order valence-electron chi connectivity index (χ1n) is 18.1. The Kier molecular flexibility index (Phi) is 9.57. The van der Waals surface area contributed by atoms with Crippen molar-refractivity contribution in [2.24, 2.45) is 29.6 Å². The first-order chi connectivity index (χ1) is 27.4. The number of nitrogens with one attached hydrogen (secondary N) is 1. The second-order valence-corrected chi connectivity index (χ2v) is 15.3. The van der Waals surface area contributed by atoms with Gasteiger partial charge in [0.25, 0.3) is 11.8 Å². The fourth-order valence-electron chi connectivity index (χ4n) is 9.13. The van der Waals surface area contributed by atoms with Gasteiger partial charge < -0.3 is 19.7 Å². The molecule has 2 aliphatic carbocycles. The Balaban J connectivity index is 1.30. The van der Waals surface area contributed by atoms with Gasteiger partial charge in [0.1, 0.15) is 5.75 Å². The highest BCUT2D eigenvalue weighted by Gasteiger charge is 2.69. The molecule has 3 N–H and O–H groups in total. The van der Waals surface area contributed by atoms with E-state index in [1.165, 1.54) is 50.6 Å². The summed E-state index contributed by atoms with van der Waals surface area (Å²) < 4.78 is 10.8. The van der Waals surface area contributed by atoms with E-state index in [1.807, 2.05) is 12.2 Å². The van der Waals surface area contributed by atoms with Gasteiger partial charge in [0, 0.05) is 10.9 Å². The van der Waals surface area contributed by atoms with E-state index in [2.05, 4.69) is 5.43 Å². The Morgan fingerprint density at radius 2 is 1.67 bits per heavy atom. The van der Waals surface area contributed by atoms with Crippen molar-refractivity contribution in [3.63, 3.8) is 0 Å². The number of methoxy groups -OCH3 is 2. The summed E-state index contributed by atoms with van der Waals surface area (Å²) in [5.41, 5.74) is 3.59. The number of nitrogens with zero attached hydrogens (tertiary/aromatic N) is 2. The van der Waals surface area contributed by atoms with E-state index in [1.54, 1.807) is 54.6 Å². The van der Waals surface area contributed by atoms with E-state index >= 15 is 4.79 Å². The number of hydrazine groups is 1. The summed E-state index contributed by atoms with van der Waals surface area (Å²) in [6, 6.07) is 22.0. The second kappa shape index (κ2) is 14.4. The molecule has 6 unspecified atom stereocenters. The third-order valence-electron chi connectivity index (χ3n) is 11.7. The van der Waals surface area contributed by atoms with Crippen molar-refractivity contribution in [1.82, 2.24) is 5.01 Å². The van der Waals surface area contributed by atoms with Crippen molar-refractivity contribution in [3.05, 3.63) is 129 Å². The molecule has 0 aromatic heterocycles. The molecular formula is C43H35Cl2N3O9. The molecule has 0 bridgehead atoms. The maximum absolute atomic E-state index is 15.4. The first-order valence-corrected chi connectivity index (χ1v) is 18.9. The lowest BCUT2D eigenvalue weighted by molar-refractivity contribution is -0.139. The number of halogens is 2. The third-order valence-corrected chi connectivity index (χ3v) is 12.2. The zero-order valence-electron chi connectivity index (χ0n) is 30.5. The summed E-state index contributed by atoms with van der Waals surface area (Å²) >= 11 is 12.7. The number of aromatic carboxylic acids is 1. The molecule has 8 rings (SSSR count). The van der Waals surface area contributed by atoms with Gasteiger partial charge in [0.15, 0.2) is 11.5 Å². The molecule has 0 radical (unpaired) electrons. The highest BCUT2D eigenvalue weighted by Crippen LogP contribution is 2.62. The largest absolute Gasteiger partial charge is 0.504 e. The lowest BCUT2D eigenvalue weighted by Crippen LogP contribution is -2.54. The molecular weight excluding hydrogens is 773 g/mol. The number of phenols is 1. The molecule has 6 atom stereocenters. The van der Waals surface area contributed by atoms with Crippen LogP contribution in [0.15, 0.2) is 103 Å². The Morgan fingerprint density at radius 1 is 0.895 bits per heavy atom. The quantitative estimate of drug-likeness (QED) is 0.117. The van der Waals surface area contributed by atoms with Crippen LogP contribution in [0.4, 0.5) is 11.4 Å². The molecule has 4 aliphatic rings. The molecule has 2 heterocycles. The van der Waals surface area contributed by atoms with Crippen LogP contribution >= 0.6 is 23.2 Å². The number of ether oxygens (including phenoxy) is 2. The number of hydrogen-bond donors (Lipinski definition) is 3. The Labute approximate surface area is 336 Å². The SMILES string of the molecule is COc1ccc(C23C(=O)N(Nc4ccc(Cl)cc4Cl)C(=O)C2CC2C(=CCC4C(=O)N(c5cccc(C(=O)O)c5)C(=O)C42)C3C=Cc2ccc(O)c(OC)c2)cc1. The maximum atomic E-state index is 15.4. The predicted molar refractivity (Wildman–Crippen MR) is 211 cm³/mol. The number of fused-ring (bicyclic) bond motifs is 4. The number of benzene rings is 4. The number of anilines is 2. The fraction of sp³-hybridized carbons (Fsp3) is 0.233. The number of carbonyl (C=O) groups excluding carboxylic acids is 4. The number of hydrogen-bond acceptors (Lipinski definition) is 9. The number of carboxylic acid groups (broad SMARTS) is 1. The highest BCUT2D eigenvalue weighted by atomic mass is 35.5. The Morgan fingerprint density at radius 3 is 2.37 bits per heavy atom. The average Bonchev–Trinajstić information content (AvgIpc) is 3.59. The summed E-state index contributed by atoms with van der Waals surface area (Å²) in [6.45, 7) is 0. The summed E-state index contributed by atoms with van der Waals surface area (Å²) in [6.07, 6.45) is 5.73. The lowest BCUT2D eigenvalue weighted by Gasteiger charge is -2.49. The van der Waals surface area contributed by atoms with E-state index in [0.717, 1.165) is 9.91 Å². The van der Waals surface area contributed by atoms with Crippen LogP contribution in [0, 0.1) is 29.6 Å². The van der Waals surface area contributed by atoms with Gasteiger partial charge in [0.2, 0.25) is 11.8 Å². The lowest BCUT2D eigenvalue weighted by atomic mass is 9.50. The normalized spacial score (nSPS) is 25.3. The van der Waals surface area contributed by atoms with Crippen molar-refractivity contribution >= 4 is 70.3 Å². The van der Waals surface area contributed by atoms with Gasteiger partial charge in [-0.05, 0) is 90.6 Å². The van der Waals surface area contributed by atoms with Crippen LogP contribution in [0.3, 0.4) is 0 Å². The number of imide groups is 2. The summed E-state index contributed by atoms with van der Waals surface area (Å²) in [7, 11) is 2.95. The van der Waals surface area contributed by atoms with Gasteiger partial charge in [0.05, 0.1) is 59.3 Å². The number of carbonyl (C=O) groups is 5. The monoisotopic (exact) mass is 807 g/mol. The van der Waals surface area contributed by atoms with Crippen molar-refractivity contribution in [2.45, 2.75) is 18.3 Å². The minimum Gasteiger partial charge on any atom is -0.504 e. The van der Waals surface area contributed by atoms with Crippen LogP contribution in [0.25, 0.3) is 6.08 Å². The van der Waals surface area contributed by atoms with Crippen molar-refractivity contribution in [2.75, 3.05) is 24.5 Å². The van der Waals surface area contributed by atoms with Gasteiger partial charge >= 0.3 is 5.97 Å². The van der Waals surface area contributed by atoms with E-state index in [0.29, 0.717) is 27.5 Å². The number of phenolic OH excluding ortho intramolecular Hbond substituents is 1. The van der Waals surface area contributed by atoms with Crippen LogP contribution in [-0.4, -0.2) is 59.0 Å². The third kappa shape index (κ3) is 6.02. The van der Waals surface area contributed by atoms with Crippen molar-refractivity contribution in [3.8, 4) is 17.2 Å². The molecule has 0 spiro atoms. The Hall–Kier alpha value is -6.11. The number of carboxylic acids is 1.